The van der Waals surface area contributed by atoms with Crippen molar-refractivity contribution in [1.82, 2.24) is 4.90 Å². The van der Waals surface area contributed by atoms with E-state index in [1.807, 2.05) is 0 Å². The molecular weight excluding hydrogens is 441 g/mol. The highest BCUT2D eigenvalue weighted by Gasteiger charge is 2.50. The van der Waals surface area contributed by atoms with Crippen LogP contribution in [0.3, 0.4) is 0 Å². The van der Waals surface area contributed by atoms with Crippen molar-refractivity contribution in [2.75, 3.05) is 0 Å². The molecule has 0 spiro atoms. The van der Waals surface area contributed by atoms with Crippen LogP contribution in [0.1, 0.15) is 39.2 Å². The lowest BCUT2D eigenvalue weighted by atomic mass is 9.86. The summed E-state index contributed by atoms with van der Waals surface area (Å²) in [6, 6.07) is 2.94. The van der Waals surface area contributed by atoms with Crippen molar-refractivity contribution in [2.24, 2.45) is 0 Å². The fourth-order valence-corrected chi connectivity index (χ4v) is 3.00. The second kappa shape index (κ2) is 7.44. The maximum atomic E-state index is 13.3. The molecule has 1 amide bonds. The summed E-state index contributed by atoms with van der Waals surface area (Å²) in [6.07, 6.45) is -6.95. The lowest BCUT2D eigenvalue weighted by Crippen LogP contribution is -2.53. The van der Waals surface area contributed by atoms with Crippen molar-refractivity contribution in [1.29, 1.82) is 0 Å². The Morgan fingerprint density at radius 2 is 1.85 bits per heavy atom. The van der Waals surface area contributed by atoms with Crippen molar-refractivity contribution < 1.29 is 36.2 Å². The van der Waals surface area contributed by atoms with Gasteiger partial charge in [-0.3, -0.25) is 0 Å². The van der Waals surface area contributed by atoms with Crippen molar-refractivity contribution in [3.8, 4) is 5.75 Å². The van der Waals surface area contributed by atoms with E-state index < -0.39 is 48.6 Å². The predicted molar refractivity (Wildman–Crippen MR) is 90.6 cm³/mol. The summed E-state index contributed by atoms with van der Waals surface area (Å²) < 4.78 is 74.2. The van der Waals surface area contributed by atoms with Gasteiger partial charge in [0, 0.05) is 28.9 Å². The number of benzene rings is 1. The first-order valence-corrected chi connectivity index (χ1v) is 8.86. The van der Waals surface area contributed by atoms with Gasteiger partial charge in [0.15, 0.2) is 0 Å². The van der Waals surface area contributed by atoms with Gasteiger partial charge in [-0.25, -0.2) is 13.6 Å². The van der Waals surface area contributed by atoms with Crippen molar-refractivity contribution >= 4 is 22.0 Å². The molecule has 1 saturated carbocycles. The number of rotatable bonds is 4. The van der Waals surface area contributed by atoms with Crippen LogP contribution in [0.5, 0.6) is 5.75 Å². The smallest absolute Gasteiger partial charge is 0.444 e. The van der Waals surface area contributed by atoms with Crippen molar-refractivity contribution in [3.05, 3.63) is 28.2 Å². The number of alkyl halides is 5. The molecule has 10 heteroatoms. The molecule has 4 nitrogen and oxygen atoms in total. The van der Waals surface area contributed by atoms with E-state index >= 15 is 0 Å². The third-order valence-electron chi connectivity index (χ3n) is 3.73. The zero-order chi connectivity index (χ0) is 20.6. The summed E-state index contributed by atoms with van der Waals surface area (Å²) in [7, 11) is 0. The number of carbonyl (C=O) groups excluding carboxylic acids is 1. The van der Waals surface area contributed by atoms with E-state index in [1.165, 1.54) is 12.1 Å². The van der Waals surface area contributed by atoms with Gasteiger partial charge >= 0.3 is 12.5 Å². The van der Waals surface area contributed by atoms with Gasteiger partial charge < -0.3 is 14.4 Å². The summed E-state index contributed by atoms with van der Waals surface area (Å²) in [6.45, 7) is 4.46. The summed E-state index contributed by atoms with van der Waals surface area (Å²) in [5.41, 5.74) is -0.868. The zero-order valence-electron chi connectivity index (χ0n) is 14.9. The van der Waals surface area contributed by atoms with Crippen LogP contribution in [-0.4, -0.2) is 34.9 Å². The van der Waals surface area contributed by atoms with E-state index in [0.717, 1.165) is 11.0 Å². The minimum absolute atomic E-state index is 0.0165. The molecule has 0 radical (unpaired) electrons. The molecule has 0 aliphatic heterocycles. The number of amides is 1. The van der Waals surface area contributed by atoms with Gasteiger partial charge in [0.05, 0.1) is 6.54 Å². The summed E-state index contributed by atoms with van der Waals surface area (Å²) >= 11 is 3.15. The molecule has 1 aliphatic rings. The van der Waals surface area contributed by atoms with E-state index in [2.05, 4.69) is 20.7 Å². The molecule has 0 heterocycles. The molecular formula is C17H19BrF5NO3. The minimum Gasteiger partial charge on any atom is -0.444 e. The molecule has 27 heavy (non-hydrogen) atoms. The van der Waals surface area contributed by atoms with Gasteiger partial charge in [0.2, 0.25) is 0 Å². The van der Waals surface area contributed by atoms with E-state index in [0.29, 0.717) is 4.47 Å². The first kappa shape index (κ1) is 21.7. The Kier molecular flexibility index (Phi) is 5.99. The first-order valence-electron chi connectivity index (χ1n) is 8.07. The Bertz CT molecular complexity index is 695. The molecule has 0 bridgehead atoms. The molecule has 0 N–H and O–H groups in total. The molecule has 0 aromatic heterocycles. The van der Waals surface area contributed by atoms with Gasteiger partial charge in [-0.15, -0.1) is 13.2 Å². The number of nitrogens with zero attached hydrogens (tertiary/aromatic N) is 1. The fraction of sp³-hybridized carbons (Fsp3) is 0.588. The number of hydrogen-bond acceptors (Lipinski definition) is 3. The fourth-order valence-electron chi connectivity index (χ4n) is 2.59. The summed E-state index contributed by atoms with van der Waals surface area (Å²) in [4.78, 5) is 13.5. The first-order chi connectivity index (χ1) is 12.2. The molecule has 0 atom stereocenters. The Morgan fingerprint density at radius 3 is 2.33 bits per heavy atom. The largest absolute Gasteiger partial charge is 0.573 e. The van der Waals surface area contributed by atoms with Crippen LogP contribution in [0, 0.1) is 0 Å². The molecule has 1 aromatic rings. The number of hydrogen-bond donors (Lipinski definition) is 0. The molecule has 0 saturated heterocycles. The average Bonchev–Trinajstić information content (AvgIpc) is 2.41. The zero-order valence-corrected chi connectivity index (χ0v) is 16.5. The van der Waals surface area contributed by atoms with Gasteiger partial charge in [0.25, 0.3) is 5.92 Å². The van der Waals surface area contributed by atoms with Gasteiger partial charge in [0.1, 0.15) is 11.4 Å². The highest BCUT2D eigenvalue weighted by atomic mass is 79.9. The van der Waals surface area contributed by atoms with E-state index in [-0.39, 0.29) is 12.1 Å². The Balaban J connectivity index is 2.29. The van der Waals surface area contributed by atoms with Crippen LogP contribution in [0.25, 0.3) is 0 Å². The van der Waals surface area contributed by atoms with Crippen molar-refractivity contribution in [3.63, 3.8) is 0 Å². The van der Waals surface area contributed by atoms with Crippen molar-refractivity contribution in [2.45, 2.75) is 64.1 Å². The van der Waals surface area contributed by atoms with Crippen LogP contribution in [0.4, 0.5) is 26.7 Å². The van der Waals surface area contributed by atoms with Gasteiger partial charge in [-0.2, -0.15) is 0 Å². The SMILES string of the molecule is CC(C)(C)OC(=O)N(Cc1cc(Br)ccc1OC(F)(F)F)C1CC(F)(F)C1. The quantitative estimate of drug-likeness (QED) is 0.527. The van der Waals surface area contributed by atoms with Crippen LogP contribution in [-0.2, 0) is 11.3 Å². The molecule has 1 aliphatic carbocycles. The van der Waals surface area contributed by atoms with Gasteiger partial charge in [-0.05, 0) is 39.0 Å². The lowest BCUT2D eigenvalue weighted by Gasteiger charge is -2.42. The molecule has 1 fully saturated rings. The third kappa shape index (κ3) is 6.51. The monoisotopic (exact) mass is 459 g/mol. The maximum absolute atomic E-state index is 13.3. The maximum Gasteiger partial charge on any atom is 0.573 e. The molecule has 0 unspecified atom stereocenters. The summed E-state index contributed by atoms with van der Waals surface area (Å²) in [5, 5.41) is 0. The highest BCUT2D eigenvalue weighted by Crippen LogP contribution is 2.42. The Hall–Kier alpha value is -1.58. The third-order valence-corrected chi connectivity index (χ3v) is 4.22. The normalized spacial score (nSPS) is 17.2. The lowest BCUT2D eigenvalue weighted by molar-refractivity contribution is -0.275. The second-order valence-electron chi connectivity index (χ2n) is 7.33. The van der Waals surface area contributed by atoms with E-state index in [9.17, 15) is 26.7 Å². The van der Waals surface area contributed by atoms with Gasteiger partial charge in [-0.1, -0.05) is 15.9 Å². The molecule has 152 valence electrons. The van der Waals surface area contributed by atoms with Crippen LogP contribution >= 0.6 is 15.9 Å². The molecule has 2 rings (SSSR count). The second-order valence-corrected chi connectivity index (χ2v) is 8.24. The number of carbonyl (C=O) groups is 1. The summed E-state index contributed by atoms with van der Waals surface area (Å²) in [5.74, 6) is -3.42. The minimum atomic E-state index is -4.93. The van der Waals surface area contributed by atoms with Crippen LogP contribution < -0.4 is 4.74 Å². The standard InChI is InChI=1S/C17H19BrF5NO3/c1-15(2,3)27-14(25)24(12-7-16(19,20)8-12)9-10-6-11(18)4-5-13(10)26-17(21,22)23/h4-6,12H,7-9H2,1-3H3. The van der Waals surface area contributed by atoms with E-state index in [4.69, 9.17) is 4.74 Å². The molecule has 1 aromatic carbocycles. The van der Waals surface area contributed by atoms with Crippen LogP contribution in [0.15, 0.2) is 22.7 Å². The highest BCUT2D eigenvalue weighted by molar-refractivity contribution is 9.10. The van der Waals surface area contributed by atoms with Crippen LogP contribution in [0.2, 0.25) is 0 Å². The number of halogens is 6. The number of ether oxygens (including phenoxy) is 2. The van der Waals surface area contributed by atoms with E-state index in [1.54, 1.807) is 20.8 Å². The Labute approximate surface area is 161 Å². The Morgan fingerprint density at radius 1 is 1.26 bits per heavy atom. The topological polar surface area (TPSA) is 38.8 Å². The average molecular weight is 460 g/mol. The predicted octanol–water partition coefficient (Wildman–Crippen LogP) is 5.88.